The van der Waals surface area contributed by atoms with Crippen LogP contribution in [-0.2, 0) is 13.5 Å². The Bertz CT molecular complexity index is 714. The number of imidazole rings is 1. The van der Waals surface area contributed by atoms with Crippen molar-refractivity contribution in [3.05, 3.63) is 59.9 Å². The van der Waals surface area contributed by atoms with Crippen molar-refractivity contribution >= 4 is 16.7 Å². The summed E-state index contributed by atoms with van der Waals surface area (Å²) in [5, 5.41) is 3.43. The summed E-state index contributed by atoms with van der Waals surface area (Å²) in [6.45, 7) is 3.02. The van der Waals surface area contributed by atoms with Crippen LogP contribution in [0.15, 0.2) is 48.5 Å². The molecule has 0 aliphatic carbocycles. The number of benzene rings is 2. The number of rotatable bonds is 4. The summed E-state index contributed by atoms with van der Waals surface area (Å²) in [7, 11) is 2.10. The zero-order valence-corrected chi connectivity index (χ0v) is 11.9. The van der Waals surface area contributed by atoms with E-state index in [1.54, 1.807) is 0 Å². The van der Waals surface area contributed by atoms with Gasteiger partial charge in [-0.3, -0.25) is 0 Å². The van der Waals surface area contributed by atoms with Crippen LogP contribution in [0.1, 0.15) is 11.4 Å². The molecule has 0 amide bonds. The first-order valence-electron chi connectivity index (χ1n) is 6.95. The van der Waals surface area contributed by atoms with Gasteiger partial charge in [0.15, 0.2) is 0 Å². The quantitative estimate of drug-likeness (QED) is 0.782. The Morgan fingerprint density at radius 2 is 1.85 bits per heavy atom. The van der Waals surface area contributed by atoms with E-state index in [1.165, 1.54) is 11.1 Å². The van der Waals surface area contributed by atoms with E-state index >= 15 is 0 Å². The fourth-order valence-corrected chi connectivity index (χ4v) is 2.61. The largest absolute Gasteiger partial charge is 0.385 e. The summed E-state index contributed by atoms with van der Waals surface area (Å²) < 4.78 is 2.21. The fourth-order valence-electron chi connectivity index (χ4n) is 2.61. The molecule has 3 aromatic rings. The maximum Gasteiger partial charge on any atom is 0.111 e. The molecule has 0 atom stereocenters. The number of nitrogens with zero attached hydrogens (tertiary/aromatic N) is 2. The monoisotopic (exact) mass is 265 g/mol. The number of hydrogen-bond acceptors (Lipinski definition) is 2. The lowest BCUT2D eigenvalue weighted by molar-refractivity contribution is 0.806. The minimum Gasteiger partial charge on any atom is -0.385 e. The first kappa shape index (κ1) is 12.7. The predicted molar refractivity (Wildman–Crippen MR) is 84.1 cm³/mol. The molecule has 0 bridgehead atoms. The molecule has 1 N–H and O–H groups in total. The number of para-hydroxylation sites is 2. The Morgan fingerprint density at radius 3 is 2.60 bits per heavy atom. The zero-order valence-electron chi connectivity index (χ0n) is 11.9. The number of nitrogens with one attached hydrogen (secondary N) is 1. The van der Waals surface area contributed by atoms with Crippen LogP contribution in [0, 0.1) is 6.92 Å². The Morgan fingerprint density at radius 1 is 1.05 bits per heavy atom. The normalized spacial score (nSPS) is 10.9. The average molecular weight is 265 g/mol. The van der Waals surface area contributed by atoms with E-state index in [4.69, 9.17) is 4.98 Å². The molecule has 0 saturated carbocycles. The smallest absolute Gasteiger partial charge is 0.111 e. The second-order valence-electron chi connectivity index (χ2n) is 5.07. The molecule has 20 heavy (non-hydrogen) atoms. The van der Waals surface area contributed by atoms with E-state index in [9.17, 15) is 0 Å². The van der Waals surface area contributed by atoms with Gasteiger partial charge in [-0.15, -0.1) is 0 Å². The van der Waals surface area contributed by atoms with Crippen molar-refractivity contribution in [2.75, 3.05) is 11.9 Å². The number of aryl methyl sites for hydroxylation is 2. The van der Waals surface area contributed by atoms with Gasteiger partial charge in [-0.25, -0.2) is 4.98 Å². The minimum absolute atomic E-state index is 0.889. The highest BCUT2D eigenvalue weighted by Gasteiger charge is 2.08. The first-order chi connectivity index (χ1) is 9.75. The molecule has 0 unspecified atom stereocenters. The zero-order chi connectivity index (χ0) is 13.9. The van der Waals surface area contributed by atoms with Gasteiger partial charge in [0.05, 0.1) is 11.0 Å². The molecule has 2 aromatic carbocycles. The Labute approximate surface area is 119 Å². The number of hydrogen-bond donors (Lipinski definition) is 1. The number of aromatic nitrogens is 2. The van der Waals surface area contributed by atoms with Crippen molar-refractivity contribution in [1.82, 2.24) is 9.55 Å². The molecule has 0 aliphatic rings. The van der Waals surface area contributed by atoms with Crippen LogP contribution in [-0.4, -0.2) is 16.1 Å². The van der Waals surface area contributed by atoms with E-state index in [0.717, 1.165) is 30.0 Å². The third-order valence-electron chi connectivity index (χ3n) is 3.64. The summed E-state index contributed by atoms with van der Waals surface area (Å²) in [5.74, 6) is 1.12. The highest BCUT2D eigenvalue weighted by molar-refractivity contribution is 5.79. The second kappa shape index (κ2) is 5.37. The molecule has 3 rings (SSSR count). The van der Waals surface area contributed by atoms with Gasteiger partial charge in [0.1, 0.15) is 5.82 Å². The second-order valence-corrected chi connectivity index (χ2v) is 5.07. The molecule has 0 spiro atoms. The molecule has 1 heterocycles. The topological polar surface area (TPSA) is 29.9 Å². The van der Waals surface area contributed by atoms with Gasteiger partial charge in [0.2, 0.25) is 0 Å². The molecule has 0 saturated heterocycles. The van der Waals surface area contributed by atoms with Gasteiger partial charge >= 0.3 is 0 Å². The summed E-state index contributed by atoms with van der Waals surface area (Å²) in [6, 6.07) is 16.6. The van der Waals surface area contributed by atoms with Crippen molar-refractivity contribution in [2.24, 2.45) is 7.05 Å². The molecule has 0 radical (unpaired) electrons. The molecule has 1 aromatic heterocycles. The molecule has 0 fully saturated rings. The van der Waals surface area contributed by atoms with Gasteiger partial charge < -0.3 is 9.88 Å². The van der Waals surface area contributed by atoms with Gasteiger partial charge in [0.25, 0.3) is 0 Å². The summed E-state index contributed by atoms with van der Waals surface area (Å²) >= 11 is 0. The first-order valence-corrected chi connectivity index (χ1v) is 6.95. The van der Waals surface area contributed by atoms with Crippen molar-refractivity contribution in [3.8, 4) is 0 Å². The van der Waals surface area contributed by atoms with Crippen LogP contribution >= 0.6 is 0 Å². The Kier molecular flexibility index (Phi) is 3.42. The lowest BCUT2D eigenvalue weighted by Crippen LogP contribution is -2.08. The molecule has 102 valence electrons. The molecule has 3 nitrogen and oxygen atoms in total. The molecule has 0 aliphatic heterocycles. The van der Waals surface area contributed by atoms with Crippen LogP contribution in [0.2, 0.25) is 0 Å². The predicted octanol–water partition coefficient (Wildman–Crippen LogP) is 3.54. The molecule has 3 heteroatoms. The number of anilines is 1. The maximum atomic E-state index is 4.73. The van der Waals surface area contributed by atoms with Gasteiger partial charge in [-0.1, -0.05) is 30.3 Å². The van der Waals surface area contributed by atoms with Crippen molar-refractivity contribution < 1.29 is 0 Å². The van der Waals surface area contributed by atoms with E-state index in [2.05, 4.69) is 54.2 Å². The van der Waals surface area contributed by atoms with Crippen LogP contribution in [0.5, 0.6) is 0 Å². The van der Waals surface area contributed by atoms with Crippen molar-refractivity contribution in [1.29, 1.82) is 0 Å². The molecular weight excluding hydrogens is 246 g/mol. The van der Waals surface area contributed by atoms with Crippen molar-refractivity contribution in [2.45, 2.75) is 13.3 Å². The van der Waals surface area contributed by atoms with E-state index in [-0.39, 0.29) is 0 Å². The lowest BCUT2D eigenvalue weighted by atomic mass is 10.2. The van der Waals surface area contributed by atoms with Crippen molar-refractivity contribution in [3.63, 3.8) is 0 Å². The summed E-state index contributed by atoms with van der Waals surface area (Å²) in [6.07, 6.45) is 0.916. The van der Waals surface area contributed by atoms with Gasteiger partial charge in [0, 0.05) is 25.7 Å². The average Bonchev–Trinajstić information content (AvgIpc) is 2.78. The van der Waals surface area contributed by atoms with E-state index in [1.807, 2.05) is 18.2 Å². The van der Waals surface area contributed by atoms with Crippen LogP contribution < -0.4 is 5.32 Å². The SMILES string of the molecule is Cc1cccc2nc(CCNc3ccccc3)n(C)c12. The lowest BCUT2D eigenvalue weighted by Gasteiger charge is -2.06. The third-order valence-corrected chi connectivity index (χ3v) is 3.64. The molecular formula is C17H19N3. The standard InChI is InChI=1S/C17H19N3/c1-13-7-6-10-15-17(13)20(2)16(19-15)11-12-18-14-8-4-3-5-9-14/h3-10,18H,11-12H2,1-2H3. The third kappa shape index (κ3) is 2.39. The number of fused-ring (bicyclic) bond motifs is 1. The summed E-state index contributed by atoms with van der Waals surface area (Å²) in [4.78, 5) is 4.73. The van der Waals surface area contributed by atoms with Gasteiger partial charge in [-0.05, 0) is 30.7 Å². The van der Waals surface area contributed by atoms with Crippen LogP contribution in [0.4, 0.5) is 5.69 Å². The van der Waals surface area contributed by atoms with Crippen LogP contribution in [0.3, 0.4) is 0 Å². The fraction of sp³-hybridized carbons (Fsp3) is 0.235. The Balaban J connectivity index is 1.75. The van der Waals surface area contributed by atoms with Gasteiger partial charge in [-0.2, -0.15) is 0 Å². The van der Waals surface area contributed by atoms with E-state index < -0.39 is 0 Å². The van der Waals surface area contributed by atoms with Crippen LogP contribution in [0.25, 0.3) is 11.0 Å². The highest BCUT2D eigenvalue weighted by atomic mass is 15.1. The Hall–Kier alpha value is -2.29. The van der Waals surface area contributed by atoms with E-state index in [0.29, 0.717) is 0 Å². The minimum atomic E-state index is 0.889. The highest BCUT2D eigenvalue weighted by Crippen LogP contribution is 2.19. The maximum absolute atomic E-state index is 4.73. The summed E-state index contributed by atoms with van der Waals surface area (Å²) in [5.41, 5.74) is 4.76.